The maximum atomic E-state index is 12.0. The van der Waals surface area contributed by atoms with Crippen LogP contribution in [0.1, 0.15) is 23.4 Å². The fourth-order valence-electron chi connectivity index (χ4n) is 2.44. The average molecular weight is 307 g/mol. The Morgan fingerprint density at radius 2 is 2.52 bits per heavy atom. The number of aromatic amines is 1. The van der Waals surface area contributed by atoms with Gasteiger partial charge in [0.05, 0.1) is 18.5 Å². The lowest BCUT2D eigenvalue weighted by Gasteiger charge is -2.22. The lowest BCUT2D eigenvalue weighted by Crippen LogP contribution is -2.41. The SMILES string of the molecule is COCc1csc(NC(=O)N[C@H]2CCc3[nH]ncc3C2)n1. The summed E-state index contributed by atoms with van der Waals surface area (Å²) >= 11 is 1.39. The van der Waals surface area contributed by atoms with E-state index in [1.165, 1.54) is 22.6 Å². The Labute approximate surface area is 126 Å². The number of fused-ring (bicyclic) bond motifs is 1. The number of aryl methyl sites for hydroxylation is 1. The smallest absolute Gasteiger partial charge is 0.321 e. The quantitative estimate of drug-likeness (QED) is 0.801. The van der Waals surface area contributed by atoms with Gasteiger partial charge in [-0.2, -0.15) is 5.10 Å². The molecule has 3 N–H and O–H groups in total. The highest BCUT2D eigenvalue weighted by Crippen LogP contribution is 2.19. The van der Waals surface area contributed by atoms with Crippen molar-refractivity contribution >= 4 is 22.5 Å². The predicted molar refractivity (Wildman–Crippen MR) is 79.4 cm³/mol. The molecule has 2 heterocycles. The number of rotatable bonds is 4. The summed E-state index contributed by atoms with van der Waals surface area (Å²) in [6.07, 6.45) is 4.47. The highest BCUT2D eigenvalue weighted by atomic mass is 32.1. The molecule has 1 aliphatic rings. The highest BCUT2D eigenvalue weighted by molar-refractivity contribution is 7.13. The Balaban J connectivity index is 1.52. The second-order valence-electron chi connectivity index (χ2n) is 4.99. The van der Waals surface area contributed by atoms with Gasteiger partial charge in [-0.1, -0.05) is 0 Å². The molecule has 1 aliphatic carbocycles. The number of aromatic nitrogens is 3. The molecule has 0 unspecified atom stereocenters. The molecule has 112 valence electrons. The van der Waals surface area contributed by atoms with Crippen molar-refractivity contribution in [2.75, 3.05) is 12.4 Å². The zero-order valence-electron chi connectivity index (χ0n) is 11.7. The molecule has 1 atom stereocenters. The molecule has 0 aromatic carbocycles. The van der Waals surface area contributed by atoms with Crippen molar-refractivity contribution in [3.8, 4) is 0 Å². The van der Waals surface area contributed by atoms with Crippen LogP contribution in [-0.4, -0.2) is 34.4 Å². The molecule has 0 fully saturated rings. The van der Waals surface area contributed by atoms with E-state index in [0.29, 0.717) is 11.7 Å². The van der Waals surface area contributed by atoms with Crippen LogP contribution in [0.2, 0.25) is 0 Å². The van der Waals surface area contributed by atoms with Crippen molar-refractivity contribution in [3.05, 3.63) is 28.5 Å². The minimum Gasteiger partial charge on any atom is -0.378 e. The largest absolute Gasteiger partial charge is 0.378 e. The third kappa shape index (κ3) is 3.40. The van der Waals surface area contributed by atoms with Crippen LogP contribution in [0.4, 0.5) is 9.93 Å². The molecule has 8 heteroatoms. The Hall–Kier alpha value is -1.93. The highest BCUT2D eigenvalue weighted by Gasteiger charge is 2.21. The van der Waals surface area contributed by atoms with Crippen LogP contribution in [0.25, 0.3) is 0 Å². The van der Waals surface area contributed by atoms with E-state index in [9.17, 15) is 4.79 Å². The molecule has 0 radical (unpaired) electrons. The first-order valence-electron chi connectivity index (χ1n) is 6.76. The fourth-order valence-corrected chi connectivity index (χ4v) is 3.13. The average Bonchev–Trinajstić information content (AvgIpc) is 3.08. The van der Waals surface area contributed by atoms with Gasteiger partial charge in [0.25, 0.3) is 0 Å². The van der Waals surface area contributed by atoms with Crippen molar-refractivity contribution in [1.29, 1.82) is 0 Å². The van der Waals surface area contributed by atoms with Crippen molar-refractivity contribution in [3.63, 3.8) is 0 Å². The van der Waals surface area contributed by atoms with Gasteiger partial charge in [-0.25, -0.2) is 9.78 Å². The molecule has 0 bridgehead atoms. The number of thiazole rings is 1. The first-order valence-corrected chi connectivity index (χ1v) is 7.64. The van der Waals surface area contributed by atoms with Crippen LogP contribution >= 0.6 is 11.3 Å². The summed E-state index contributed by atoms with van der Waals surface area (Å²) in [4.78, 5) is 16.3. The van der Waals surface area contributed by atoms with Crippen molar-refractivity contribution in [2.24, 2.45) is 0 Å². The number of urea groups is 1. The van der Waals surface area contributed by atoms with E-state index in [1.54, 1.807) is 7.11 Å². The zero-order chi connectivity index (χ0) is 14.7. The topological polar surface area (TPSA) is 91.9 Å². The third-order valence-electron chi connectivity index (χ3n) is 3.42. The standard InChI is InChI=1S/C13H17N5O2S/c1-20-6-10-7-21-13(16-10)17-12(19)15-9-2-3-11-8(4-9)5-14-18-11/h5,7,9H,2-4,6H2,1H3,(H,14,18)(H2,15,16,17,19)/t9-/m0/s1. The summed E-state index contributed by atoms with van der Waals surface area (Å²) in [6, 6.07) is -0.0845. The summed E-state index contributed by atoms with van der Waals surface area (Å²) in [5, 5.41) is 15.2. The first kappa shape index (κ1) is 14.0. The van der Waals surface area contributed by atoms with Crippen LogP contribution < -0.4 is 10.6 Å². The maximum Gasteiger partial charge on any atom is 0.321 e. The first-order chi connectivity index (χ1) is 10.2. The van der Waals surface area contributed by atoms with Gasteiger partial charge in [0.15, 0.2) is 5.13 Å². The van der Waals surface area contributed by atoms with Crippen LogP contribution in [-0.2, 0) is 24.2 Å². The van der Waals surface area contributed by atoms with Crippen molar-refractivity contribution < 1.29 is 9.53 Å². The molecule has 0 aliphatic heterocycles. The number of methoxy groups -OCH3 is 1. The molecule has 0 saturated carbocycles. The number of amides is 2. The van der Waals surface area contributed by atoms with Gasteiger partial charge >= 0.3 is 6.03 Å². The Kier molecular flexibility index (Phi) is 4.16. The van der Waals surface area contributed by atoms with E-state index >= 15 is 0 Å². The van der Waals surface area contributed by atoms with Gasteiger partial charge in [0.1, 0.15) is 0 Å². The van der Waals surface area contributed by atoms with Crippen LogP contribution in [0.5, 0.6) is 0 Å². The molecule has 3 rings (SSSR count). The number of H-pyrrole nitrogens is 1. The van der Waals surface area contributed by atoms with Gasteiger partial charge in [-0.05, 0) is 24.8 Å². The van der Waals surface area contributed by atoms with E-state index in [0.717, 1.165) is 25.0 Å². The molecule has 0 spiro atoms. The summed E-state index contributed by atoms with van der Waals surface area (Å²) in [5.74, 6) is 0. The van der Waals surface area contributed by atoms with Crippen molar-refractivity contribution in [2.45, 2.75) is 31.9 Å². The number of hydrogen-bond donors (Lipinski definition) is 3. The number of nitrogens with zero attached hydrogens (tertiary/aromatic N) is 2. The Morgan fingerprint density at radius 1 is 1.62 bits per heavy atom. The van der Waals surface area contributed by atoms with E-state index in [2.05, 4.69) is 25.8 Å². The van der Waals surface area contributed by atoms with Gasteiger partial charge < -0.3 is 10.1 Å². The van der Waals surface area contributed by atoms with Crippen LogP contribution in [0.15, 0.2) is 11.6 Å². The number of carbonyl (C=O) groups excluding carboxylic acids is 1. The molecule has 0 saturated heterocycles. The second-order valence-corrected chi connectivity index (χ2v) is 5.85. The zero-order valence-corrected chi connectivity index (χ0v) is 12.5. The lowest BCUT2D eigenvalue weighted by molar-refractivity contribution is 0.182. The van der Waals surface area contributed by atoms with E-state index in [-0.39, 0.29) is 12.1 Å². The lowest BCUT2D eigenvalue weighted by atomic mass is 9.94. The minimum atomic E-state index is -0.217. The van der Waals surface area contributed by atoms with Gasteiger partial charge in [-0.15, -0.1) is 11.3 Å². The monoisotopic (exact) mass is 307 g/mol. The number of carbonyl (C=O) groups is 1. The predicted octanol–water partition coefficient (Wildman–Crippen LogP) is 1.69. The fraction of sp³-hybridized carbons (Fsp3) is 0.462. The third-order valence-corrected chi connectivity index (χ3v) is 4.22. The van der Waals surface area contributed by atoms with Gasteiger partial charge in [0, 0.05) is 24.2 Å². The summed E-state index contributed by atoms with van der Waals surface area (Å²) in [7, 11) is 1.62. The Bertz CT molecular complexity index is 624. The summed E-state index contributed by atoms with van der Waals surface area (Å²) in [6.45, 7) is 0.450. The van der Waals surface area contributed by atoms with Crippen molar-refractivity contribution in [1.82, 2.24) is 20.5 Å². The second kappa shape index (κ2) is 6.23. The van der Waals surface area contributed by atoms with Gasteiger partial charge in [0.2, 0.25) is 0 Å². The molecule has 7 nitrogen and oxygen atoms in total. The summed E-state index contributed by atoms with van der Waals surface area (Å²) in [5.41, 5.74) is 3.18. The van der Waals surface area contributed by atoms with Gasteiger partial charge in [-0.3, -0.25) is 10.4 Å². The van der Waals surface area contributed by atoms with Crippen LogP contribution in [0, 0.1) is 0 Å². The summed E-state index contributed by atoms with van der Waals surface area (Å²) < 4.78 is 5.00. The van der Waals surface area contributed by atoms with Crippen LogP contribution in [0.3, 0.4) is 0 Å². The normalized spacial score (nSPS) is 17.3. The van der Waals surface area contributed by atoms with E-state index in [4.69, 9.17) is 4.74 Å². The molecule has 2 aromatic heterocycles. The Morgan fingerprint density at radius 3 is 3.38 bits per heavy atom. The number of anilines is 1. The number of hydrogen-bond acceptors (Lipinski definition) is 5. The van der Waals surface area contributed by atoms with E-state index in [1.807, 2.05) is 11.6 Å². The van der Waals surface area contributed by atoms with E-state index < -0.39 is 0 Å². The molecule has 2 aromatic rings. The molecule has 21 heavy (non-hydrogen) atoms. The minimum absolute atomic E-state index is 0.133. The number of ether oxygens (including phenoxy) is 1. The number of nitrogens with one attached hydrogen (secondary N) is 3. The molecule has 2 amide bonds. The molecular formula is C13H17N5O2S. The molecular weight excluding hydrogens is 290 g/mol. The maximum absolute atomic E-state index is 12.0.